The number of halogens is 1. The summed E-state index contributed by atoms with van der Waals surface area (Å²) in [4.78, 5) is 3.92. The van der Waals surface area contributed by atoms with E-state index in [9.17, 15) is 4.39 Å². The van der Waals surface area contributed by atoms with E-state index in [0.29, 0.717) is 10.6 Å². The van der Waals surface area contributed by atoms with Gasteiger partial charge >= 0.3 is 0 Å². The number of aryl methyl sites for hydroxylation is 1. The molecule has 0 fully saturated rings. The van der Waals surface area contributed by atoms with Crippen molar-refractivity contribution in [2.75, 3.05) is 5.73 Å². The summed E-state index contributed by atoms with van der Waals surface area (Å²) in [7, 11) is 0. The number of hydrogen-bond acceptors (Lipinski definition) is 4. The van der Waals surface area contributed by atoms with E-state index in [2.05, 4.69) is 9.36 Å². The lowest BCUT2D eigenvalue weighted by molar-refractivity contribution is 0.630. The van der Waals surface area contributed by atoms with Gasteiger partial charge in [0.1, 0.15) is 10.8 Å². The highest BCUT2D eigenvalue weighted by molar-refractivity contribution is 7.09. The molecule has 2 rings (SSSR count). The van der Waals surface area contributed by atoms with Gasteiger partial charge in [0.25, 0.3) is 0 Å². The van der Waals surface area contributed by atoms with E-state index >= 15 is 0 Å². The van der Waals surface area contributed by atoms with Crippen molar-refractivity contribution in [2.45, 2.75) is 6.92 Å². The molecule has 2 N–H and O–H groups in total. The molecule has 3 nitrogen and oxygen atoms in total. The lowest BCUT2D eigenvalue weighted by Crippen LogP contribution is -1.87. The number of rotatable bonds is 1. The van der Waals surface area contributed by atoms with Crippen LogP contribution in [0.4, 0.5) is 10.3 Å². The zero-order valence-electron chi connectivity index (χ0n) is 7.49. The standard InChI is InChI=1S/C9H8FN3S/c1-5-2-3-6(7(10)4-5)8-12-9(11)13-14-8/h2-4H,1H3,(H2,11,13). The molecule has 1 aromatic carbocycles. The van der Waals surface area contributed by atoms with Crippen molar-refractivity contribution in [1.29, 1.82) is 0 Å². The van der Waals surface area contributed by atoms with Gasteiger partial charge in [0.15, 0.2) is 0 Å². The third-order valence-corrected chi connectivity index (χ3v) is 2.56. The second-order valence-corrected chi connectivity index (χ2v) is 3.69. The van der Waals surface area contributed by atoms with Crippen molar-refractivity contribution in [3.8, 4) is 10.6 Å². The van der Waals surface area contributed by atoms with Crippen molar-refractivity contribution < 1.29 is 4.39 Å². The summed E-state index contributed by atoms with van der Waals surface area (Å²) in [6.07, 6.45) is 0. The third-order valence-electron chi connectivity index (χ3n) is 1.80. The van der Waals surface area contributed by atoms with Crippen LogP contribution in [0.3, 0.4) is 0 Å². The maximum Gasteiger partial charge on any atom is 0.232 e. The average Bonchev–Trinajstić information content (AvgIpc) is 2.51. The van der Waals surface area contributed by atoms with E-state index in [1.165, 1.54) is 6.07 Å². The first-order valence-corrected chi connectivity index (χ1v) is 4.80. The number of aromatic nitrogens is 2. The summed E-state index contributed by atoms with van der Waals surface area (Å²) in [5.41, 5.74) is 6.69. The minimum atomic E-state index is -0.291. The topological polar surface area (TPSA) is 51.8 Å². The van der Waals surface area contributed by atoms with Crippen molar-refractivity contribution in [3.05, 3.63) is 29.6 Å². The smallest absolute Gasteiger partial charge is 0.232 e. The van der Waals surface area contributed by atoms with E-state index in [0.717, 1.165) is 17.1 Å². The Morgan fingerprint density at radius 2 is 2.21 bits per heavy atom. The molecule has 0 amide bonds. The van der Waals surface area contributed by atoms with Gasteiger partial charge in [-0.3, -0.25) is 0 Å². The molecule has 14 heavy (non-hydrogen) atoms. The Hall–Kier alpha value is -1.49. The lowest BCUT2D eigenvalue weighted by atomic mass is 10.1. The fourth-order valence-electron chi connectivity index (χ4n) is 1.14. The molecule has 0 aliphatic heterocycles. The van der Waals surface area contributed by atoms with E-state index in [4.69, 9.17) is 5.73 Å². The number of benzene rings is 1. The molecule has 0 radical (unpaired) electrons. The highest BCUT2D eigenvalue weighted by atomic mass is 32.1. The fourth-order valence-corrected chi connectivity index (χ4v) is 1.76. The second-order valence-electron chi connectivity index (χ2n) is 2.94. The molecule has 1 heterocycles. The first-order valence-electron chi connectivity index (χ1n) is 4.02. The van der Waals surface area contributed by atoms with Crippen molar-refractivity contribution in [1.82, 2.24) is 9.36 Å². The number of nitrogens with two attached hydrogens (primary N) is 1. The molecule has 0 saturated heterocycles. The maximum atomic E-state index is 13.4. The summed E-state index contributed by atoms with van der Waals surface area (Å²) in [6, 6.07) is 4.98. The summed E-state index contributed by atoms with van der Waals surface area (Å²) < 4.78 is 17.2. The normalized spacial score (nSPS) is 10.4. The Morgan fingerprint density at radius 3 is 2.79 bits per heavy atom. The molecule has 5 heteroatoms. The van der Waals surface area contributed by atoms with E-state index < -0.39 is 0 Å². The molecule has 72 valence electrons. The third kappa shape index (κ3) is 1.58. The number of hydrogen-bond donors (Lipinski definition) is 1. The summed E-state index contributed by atoms with van der Waals surface area (Å²) in [5, 5.41) is 0.514. The zero-order chi connectivity index (χ0) is 10.1. The summed E-state index contributed by atoms with van der Waals surface area (Å²) in [5.74, 6) is -0.105. The highest BCUT2D eigenvalue weighted by Crippen LogP contribution is 2.25. The van der Waals surface area contributed by atoms with Crippen LogP contribution in [-0.4, -0.2) is 9.36 Å². The molecule has 0 unspecified atom stereocenters. The van der Waals surface area contributed by atoms with E-state index in [1.54, 1.807) is 6.07 Å². The zero-order valence-corrected chi connectivity index (χ0v) is 8.31. The predicted molar refractivity (Wildman–Crippen MR) is 54.5 cm³/mol. The molecule has 0 aliphatic rings. The van der Waals surface area contributed by atoms with Crippen molar-refractivity contribution in [2.24, 2.45) is 0 Å². The largest absolute Gasteiger partial charge is 0.367 e. The minimum absolute atomic E-state index is 0.185. The Kier molecular flexibility index (Phi) is 2.17. The van der Waals surface area contributed by atoms with Gasteiger partial charge in [0.2, 0.25) is 5.95 Å². The van der Waals surface area contributed by atoms with Gasteiger partial charge < -0.3 is 5.73 Å². The van der Waals surface area contributed by atoms with Crippen molar-refractivity contribution >= 4 is 17.5 Å². The molecule has 0 aliphatic carbocycles. The quantitative estimate of drug-likeness (QED) is 0.783. The molecule has 1 aromatic heterocycles. The van der Waals surface area contributed by atoms with Gasteiger partial charge in [-0.15, -0.1) is 0 Å². The Balaban J connectivity index is 2.52. The molecule has 0 spiro atoms. The molecule has 0 bridgehead atoms. The van der Waals surface area contributed by atoms with Crippen LogP contribution in [0.25, 0.3) is 10.6 Å². The van der Waals surface area contributed by atoms with Crippen LogP contribution in [0, 0.1) is 12.7 Å². The van der Waals surface area contributed by atoms with E-state index in [1.807, 2.05) is 13.0 Å². The van der Waals surface area contributed by atoms with Crippen molar-refractivity contribution in [3.63, 3.8) is 0 Å². The molecular weight excluding hydrogens is 201 g/mol. The van der Waals surface area contributed by atoms with Gasteiger partial charge in [-0.1, -0.05) is 6.07 Å². The monoisotopic (exact) mass is 209 g/mol. The molecule has 2 aromatic rings. The summed E-state index contributed by atoms with van der Waals surface area (Å²) in [6.45, 7) is 1.83. The maximum absolute atomic E-state index is 13.4. The minimum Gasteiger partial charge on any atom is -0.367 e. The van der Waals surface area contributed by atoms with Gasteiger partial charge in [0.05, 0.1) is 0 Å². The Morgan fingerprint density at radius 1 is 1.43 bits per heavy atom. The van der Waals surface area contributed by atoms with Crippen LogP contribution in [-0.2, 0) is 0 Å². The number of nitrogen functional groups attached to an aromatic ring is 1. The van der Waals surface area contributed by atoms with Crippen LogP contribution in [0.15, 0.2) is 18.2 Å². The van der Waals surface area contributed by atoms with Gasteiger partial charge in [-0.2, -0.15) is 9.36 Å². The predicted octanol–water partition coefficient (Wildman–Crippen LogP) is 2.23. The Labute approximate surface area is 84.6 Å². The Bertz CT molecular complexity index is 467. The van der Waals surface area contributed by atoms with Crippen LogP contribution in [0.5, 0.6) is 0 Å². The number of anilines is 1. The highest BCUT2D eigenvalue weighted by Gasteiger charge is 2.09. The first kappa shape index (κ1) is 9.08. The van der Waals surface area contributed by atoms with Gasteiger partial charge in [0, 0.05) is 5.56 Å². The van der Waals surface area contributed by atoms with E-state index in [-0.39, 0.29) is 11.8 Å². The SMILES string of the molecule is Cc1ccc(-c2nc(N)ns2)c(F)c1. The molecule has 0 saturated carbocycles. The average molecular weight is 209 g/mol. The first-order chi connectivity index (χ1) is 6.66. The summed E-state index contributed by atoms with van der Waals surface area (Å²) >= 11 is 1.10. The van der Waals surface area contributed by atoms with Crippen LogP contribution >= 0.6 is 11.5 Å². The van der Waals surface area contributed by atoms with Gasteiger partial charge in [-0.25, -0.2) is 4.39 Å². The van der Waals surface area contributed by atoms with Crippen LogP contribution < -0.4 is 5.73 Å². The molecular formula is C9H8FN3S. The lowest BCUT2D eigenvalue weighted by Gasteiger charge is -1.98. The second kappa shape index (κ2) is 3.34. The fraction of sp³-hybridized carbons (Fsp3) is 0.111. The van der Waals surface area contributed by atoms with Gasteiger partial charge in [-0.05, 0) is 36.2 Å². The van der Waals surface area contributed by atoms with Crippen LogP contribution in [0.2, 0.25) is 0 Å². The number of nitrogens with zero attached hydrogens (tertiary/aromatic N) is 2. The molecule has 0 atom stereocenters. The van der Waals surface area contributed by atoms with Crippen LogP contribution in [0.1, 0.15) is 5.56 Å².